The Hall–Kier alpha value is -1.90. The van der Waals surface area contributed by atoms with E-state index in [1.807, 2.05) is 25.1 Å². The van der Waals surface area contributed by atoms with Crippen LogP contribution in [0.4, 0.5) is 14.5 Å². The SMILES string of the molecule is Cc1ccc(F)c(NC(C)CCc2ccccc2)c1F. The van der Waals surface area contributed by atoms with Crippen LogP contribution >= 0.6 is 0 Å². The molecular weight excluding hydrogens is 256 g/mol. The second-order valence-corrected chi connectivity index (χ2v) is 5.12. The molecule has 0 fully saturated rings. The van der Waals surface area contributed by atoms with E-state index < -0.39 is 11.6 Å². The lowest BCUT2D eigenvalue weighted by Crippen LogP contribution is -2.18. The van der Waals surface area contributed by atoms with Crippen molar-refractivity contribution in [2.24, 2.45) is 0 Å². The molecule has 0 aliphatic rings. The maximum absolute atomic E-state index is 13.9. The van der Waals surface area contributed by atoms with Crippen LogP contribution in [0, 0.1) is 18.6 Å². The van der Waals surface area contributed by atoms with Crippen molar-refractivity contribution in [1.82, 2.24) is 0 Å². The van der Waals surface area contributed by atoms with Crippen molar-refractivity contribution in [2.45, 2.75) is 32.7 Å². The van der Waals surface area contributed by atoms with E-state index in [4.69, 9.17) is 0 Å². The first-order valence-electron chi connectivity index (χ1n) is 6.83. The topological polar surface area (TPSA) is 12.0 Å². The van der Waals surface area contributed by atoms with Crippen LogP contribution in [-0.2, 0) is 6.42 Å². The second kappa shape index (κ2) is 6.51. The van der Waals surface area contributed by atoms with Gasteiger partial charge >= 0.3 is 0 Å². The zero-order valence-corrected chi connectivity index (χ0v) is 11.8. The van der Waals surface area contributed by atoms with Crippen LogP contribution in [0.15, 0.2) is 42.5 Å². The fraction of sp³-hybridized carbons (Fsp3) is 0.294. The summed E-state index contributed by atoms with van der Waals surface area (Å²) >= 11 is 0. The van der Waals surface area contributed by atoms with Crippen molar-refractivity contribution < 1.29 is 8.78 Å². The molecule has 1 unspecified atom stereocenters. The molecule has 2 aromatic carbocycles. The molecule has 0 aliphatic carbocycles. The van der Waals surface area contributed by atoms with Crippen LogP contribution in [-0.4, -0.2) is 6.04 Å². The molecule has 0 aromatic heterocycles. The van der Waals surface area contributed by atoms with Crippen molar-refractivity contribution in [3.05, 3.63) is 65.2 Å². The van der Waals surface area contributed by atoms with Crippen molar-refractivity contribution in [3.8, 4) is 0 Å². The lowest BCUT2D eigenvalue weighted by Gasteiger charge is -2.17. The Labute approximate surface area is 118 Å². The van der Waals surface area contributed by atoms with Gasteiger partial charge in [-0.3, -0.25) is 0 Å². The minimum atomic E-state index is -0.542. The van der Waals surface area contributed by atoms with Gasteiger partial charge in [-0.1, -0.05) is 36.4 Å². The molecule has 0 amide bonds. The van der Waals surface area contributed by atoms with Crippen LogP contribution in [0.2, 0.25) is 0 Å². The van der Waals surface area contributed by atoms with E-state index >= 15 is 0 Å². The lowest BCUT2D eigenvalue weighted by molar-refractivity contribution is 0.574. The number of anilines is 1. The predicted octanol–water partition coefficient (Wildman–Crippen LogP) is 4.71. The molecule has 0 heterocycles. The molecule has 1 N–H and O–H groups in total. The van der Waals surface area contributed by atoms with Gasteiger partial charge in [0.1, 0.15) is 11.5 Å². The average Bonchev–Trinajstić information content (AvgIpc) is 2.46. The standard InChI is InChI=1S/C17H19F2N/c1-12-8-11-15(18)17(16(12)19)20-13(2)9-10-14-6-4-3-5-7-14/h3-8,11,13,20H,9-10H2,1-2H3. The maximum Gasteiger partial charge on any atom is 0.152 e. The Morgan fingerprint density at radius 2 is 1.75 bits per heavy atom. The van der Waals surface area contributed by atoms with E-state index in [1.54, 1.807) is 6.92 Å². The molecule has 0 saturated carbocycles. The van der Waals surface area contributed by atoms with Crippen molar-refractivity contribution >= 4 is 5.69 Å². The zero-order valence-electron chi connectivity index (χ0n) is 11.8. The van der Waals surface area contributed by atoms with Crippen molar-refractivity contribution in [1.29, 1.82) is 0 Å². The molecule has 0 saturated heterocycles. The number of halogens is 2. The van der Waals surface area contributed by atoms with Crippen LogP contribution in [0.1, 0.15) is 24.5 Å². The third kappa shape index (κ3) is 3.56. The molecule has 2 rings (SSSR count). The van der Waals surface area contributed by atoms with E-state index in [0.29, 0.717) is 5.56 Å². The number of hydrogen-bond donors (Lipinski definition) is 1. The summed E-state index contributed by atoms with van der Waals surface area (Å²) in [5.74, 6) is -1.05. The van der Waals surface area contributed by atoms with E-state index in [2.05, 4.69) is 17.4 Å². The Morgan fingerprint density at radius 3 is 2.45 bits per heavy atom. The summed E-state index contributed by atoms with van der Waals surface area (Å²) in [5.41, 5.74) is 1.65. The Bertz CT molecular complexity index is 567. The highest BCUT2D eigenvalue weighted by atomic mass is 19.1. The van der Waals surface area contributed by atoms with Gasteiger partial charge in [0, 0.05) is 6.04 Å². The fourth-order valence-electron chi connectivity index (χ4n) is 2.14. The third-order valence-electron chi connectivity index (χ3n) is 3.38. The smallest absolute Gasteiger partial charge is 0.152 e. The van der Waals surface area contributed by atoms with Crippen molar-refractivity contribution in [3.63, 3.8) is 0 Å². The quantitative estimate of drug-likeness (QED) is 0.833. The van der Waals surface area contributed by atoms with Gasteiger partial charge in [0.25, 0.3) is 0 Å². The van der Waals surface area contributed by atoms with Gasteiger partial charge < -0.3 is 5.32 Å². The molecule has 2 aromatic rings. The molecule has 106 valence electrons. The highest BCUT2D eigenvalue weighted by molar-refractivity contribution is 5.49. The monoisotopic (exact) mass is 275 g/mol. The first-order chi connectivity index (χ1) is 9.58. The second-order valence-electron chi connectivity index (χ2n) is 5.12. The highest BCUT2D eigenvalue weighted by Crippen LogP contribution is 2.23. The minimum absolute atomic E-state index is 0.000932. The molecule has 0 aliphatic heterocycles. The third-order valence-corrected chi connectivity index (χ3v) is 3.38. The van der Waals surface area contributed by atoms with E-state index in [0.717, 1.165) is 12.8 Å². The molecule has 3 heteroatoms. The number of hydrogen-bond acceptors (Lipinski definition) is 1. The maximum atomic E-state index is 13.9. The van der Waals surface area contributed by atoms with Crippen molar-refractivity contribution in [2.75, 3.05) is 5.32 Å². The summed E-state index contributed by atoms with van der Waals surface area (Å²) < 4.78 is 27.5. The van der Waals surface area contributed by atoms with Gasteiger partial charge in [-0.2, -0.15) is 0 Å². The summed E-state index contributed by atoms with van der Waals surface area (Å²) in [5, 5.41) is 2.94. The lowest BCUT2D eigenvalue weighted by atomic mass is 10.1. The first kappa shape index (κ1) is 14.5. The summed E-state index contributed by atoms with van der Waals surface area (Å²) in [4.78, 5) is 0. The van der Waals surface area contributed by atoms with Crippen LogP contribution in [0.25, 0.3) is 0 Å². The number of rotatable bonds is 5. The number of aryl methyl sites for hydroxylation is 2. The van der Waals surface area contributed by atoms with Gasteiger partial charge in [-0.05, 0) is 43.9 Å². The Balaban J connectivity index is 1.98. The van der Waals surface area contributed by atoms with Crippen LogP contribution in [0.3, 0.4) is 0 Å². The normalized spacial score (nSPS) is 12.2. The molecule has 0 bridgehead atoms. The summed E-state index contributed by atoms with van der Waals surface area (Å²) in [6.45, 7) is 3.57. The van der Waals surface area contributed by atoms with Gasteiger partial charge in [0.15, 0.2) is 5.82 Å². The summed E-state index contributed by atoms with van der Waals surface area (Å²) in [7, 11) is 0. The minimum Gasteiger partial charge on any atom is -0.378 e. The number of nitrogens with one attached hydrogen (secondary N) is 1. The molecule has 20 heavy (non-hydrogen) atoms. The van der Waals surface area contributed by atoms with E-state index in [-0.39, 0.29) is 11.7 Å². The van der Waals surface area contributed by atoms with Gasteiger partial charge in [0.2, 0.25) is 0 Å². The van der Waals surface area contributed by atoms with Gasteiger partial charge in [-0.25, -0.2) is 8.78 Å². The number of benzene rings is 2. The van der Waals surface area contributed by atoms with Crippen LogP contribution in [0.5, 0.6) is 0 Å². The molecule has 0 radical (unpaired) electrons. The van der Waals surface area contributed by atoms with E-state index in [1.165, 1.54) is 17.7 Å². The van der Waals surface area contributed by atoms with E-state index in [9.17, 15) is 8.78 Å². The highest BCUT2D eigenvalue weighted by Gasteiger charge is 2.13. The first-order valence-corrected chi connectivity index (χ1v) is 6.83. The Kier molecular flexibility index (Phi) is 4.72. The average molecular weight is 275 g/mol. The molecule has 0 spiro atoms. The largest absolute Gasteiger partial charge is 0.378 e. The molecule has 1 atom stereocenters. The zero-order chi connectivity index (χ0) is 14.5. The summed E-state index contributed by atoms with van der Waals surface area (Å²) in [6, 6.07) is 12.8. The predicted molar refractivity (Wildman–Crippen MR) is 78.9 cm³/mol. The summed E-state index contributed by atoms with van der Waals surface area (Å²) in [6.07, 6.45) is 1.70. The van der Waals surface area contributed by atoms with Gasteiger partial charge in [0.05, 0.1) is 0 Å². The fourth-order valence-corrected chi connectivity index (χ4v) is 2.14. The molecular formula is C17H19F2N. The van der Waals surface area contributed by atoms with Gasteiger partial charge in [-0.15, -0.1) is 0 Å². The Morgan fingerprint density at radius 1 is 1.05 bits per heavy atom. The molecule has 1 nitrogen and oxygen atoms in total. The van der Waals surface area contributed by atoms with Crippen LogP contribution < -0.4 is 5.32 Å².